The highest BCUT2D eigenvalue weighted by Crippen LogP contribution is 2.29. The van der Waals surface area contributed by atoms with Gasteiger partial charge in [0.05, 0.1) is 5.92 Å². The van der Waals surface area contributed by atoms with Gasteiger partial charge in [0.15, 0.2) is 0 Å². The number of nitrogens with two attached hydrogens (primary N) is 1. The number of nitrogens with zero attached hydrogens (tertiary/aromatic N) is 1. The Kier molecular flexibility index (Phi) is 3.52. The van der Waals surface area contributed by atoms with Gasteiger partial charge in [0.1, 0.15) is 11.6 Å². The van der Waals surface area contributed by atoms with Crippen molar-refractivity contribution >= 4 is 5.91 Å². The number of primary amides is 1. The van der Waals surface area contributed by atoms with E-state index in [9.17, 15) is 14.3 Å². The minimum atomic E-state index is -0.426. The van der Waals surface area contributed by atoms with E-state index in [0.29, 0.717) is 12.1 Å². The van der Waals surface area contributed by atoms with Crippen molar-refractivity contribution in [3.8, 4) is 5.75 Å². The number of hydrogen-bond acceptors (Lipinski definition) is 3. The van der Waals surface area contributed by atoms with Crippen molar-refractivity contribution in [3.63, 3.8) is 0 Å². The van der Waals surface area contributed by atoms with Gasteiger partial charge in [0, 0.05) is 24.2 Å². The highest BCUT2D eigenvalue weighted by Gasteiger charge is 2.30. The molecule has 1 aliphatic heterocycles. The van der Waals surface area contributed by atoms with Crippen LogP contribution in [0.5, 0.6) is 5.75 Å². The molecule has 1 saturated heterocycles. The van der Waals surface area contributed by atoms with Crippen LogP contribution in [0.1, 0.15) is 24.9 Å². The lowest BCUT2D eigenvalue weighted by molar-refractivity contribution is -0.121. The number of amides is 1. The lowest BCUT2D eigenvalue weighted by Crippen LogP contribution is -2.29. The molecule has 0 aliphatic carbocycles. The van der Waals surface area contributed by atoms with E-state index < -0.39 is 5.82 Å². The zero-order valence-electron chi connectivity index (χ0n) is 10.3. The van der Waals surface area contributed by atoms with Crippen LogP contribution in [-0.4, -0.2) is 29.0 Å². The second kappa shape index (κ2) is 4.94. The van der Waals surface area contributed by atoms with Crippen molar-refractivity contribution in [2.45, 2.75) is 19.4 Å². The maximum atomic E-state index is 13.7. The number of aromatic hydroxyl groups is 1. The third kappa shape index (κ3) is 2.46. The monoisotopic (exact) mass is 252 g/mol. The van der Waals surface area contributed by atoms with Gasteiger partial charge >= 0.3 is 0 Å². The lowest BCUT2D eigenvalue weighted by atomic mass is 10.1. The van der Waals surface area contributed by atoms with Crippen LogP contribution in [0.4, 0.5) is 4.39 Å². The van der Waals surface area contributed by atoms with Gasteiger partial charge in [0.25, 0.3) is 0 Å². The molecule has 98 valence electrons. The summed E-state index contributed by atoms with van der Waals surface area (Å²) in [7, 11) is 0. The Hall–Kier alpha value is -1.62. The zero-order valence-corrected chi connectivity index (χ0v) is 10.3. The van der Waals surface area contributed by atoms with Crippen LogP contribution in [0.2, 0.25) is 0 Å². The molecule has 2 atom stereocenters. The third-order valence-electron chi connectivity index (χ3n) is 3.60. The molecule has 18 heavy (non-hydrogen) atoms. The fourth-order valence-electron chi connectivity index (χ4n) is 2.42. The van der Waals surface area contributed by atoms with E-state index >= 15 is 0 Å². The van der Waals surface area contributed by atoms with Crippen molar-refractivity contribution in [2.75, 3.05) is 13.1 Å². The first-order valence-electron chi connectivity index (χ1n) is 6.01. The highest BCUT2D eigenvalue weighted by molar-refractivity contribution is 5.77. The fourth-order valence-corrected chi connectivity index (χ4v) is 2.42. The number of carbonyl (C=O) groups is 1. The van der Waals surface area contributed by atoms with Gasteiger partial charge < -0.3 is 10.8 Å². The molecule has 3 N–H and O–H groups in total. The molecule has 0 aromatic heterocycles. The summed E-state index contributed by atoms with van der Waals surface area (Å²) in [6, 6.07) is 4.02. The molecule has 1 aliphatic rings. The molecular formula is C13H17FN2O2. The number of likely N-dealkylation sites (tertiary alicyclic amines) is 1. The Labute approximate surface area is 105 Å². The number of phenolic OH excluding ortho intramolecular Hbond substituents is 1. The minimum absolute atomic E-state index is 0.0834. The van der Waals surface area contributed by atoms with Crippen LogP contribution in [0.15, 0.2) is 18.2 Å². The van der Waals surface area contributed by atoms with Crippen molar-refractivity contribution in [1.82, 2.24) is 4.90 Å². The molecule has 2 rings (SSSR count). The molecule has 5 heteroatoms. The van der Waals surface area contributed by atoms with Gasteiger partial charge in [-0.05, 0) is 26.0 Å². The van der Waals surface area contributed by atoms with E-state index in [4.69, 9.17) is 5.73 Å². The SMILES string of the molecule is CC(c1ccc(O)cc1F)N1CCC(C(N)=O)C1. The van der Waals surface area contributed by atoms with Crippen molar-refractivity contribution in [3.05, 3.63) is 29.6 Å². The smallest absolute Gasteiger partial charge is 0.221 e. The largest absolute Gasteiger partial charge is 0.508 e. The number of benzene rings is 1. The summed E-state index contributed by atoms with van der Waals surface area (Å²) in [6.07, 6.45) is 0.722. The summed E-state index contributed by atoms with van der Waals surface area (Å²) >= 11 is 0. The molecule has 0 spiro atoms. The number of phenols is 1. The molecule has 0 saturated carbocycles. The summed E-state index contributed by atoms with van der Waals surface area (Å²) in [4.78, 5) is 13.1. The minimum Gasteiger partial charge on any atom is -0.508 e. The van der Waals surface area contributed by atoms with Gasteiger partial charge in [-0.15, -0.1) is 0 Å². The van der Waals surface area contributed by atoms with E-state index in [1.54, 1.807) is 6.07 Å². The predicted molar refractivity (Wildman–Crippen MR) is 65.4 cm³/mol. The van der Waals surface area contributed by atoms with Gasteiger partial charge in [-0.1, -0.05) is 6.07 Å². The number of rotatable bonds is 3. The van der Waals surface area contributed by atoms with Gasteiger partial charge in [-0.3, -0.25) is 9.69 Å². The van der Waals surface area contributed by atoms with Crippen molar-refractivity contribution in [2.24, 2.45) is 11.7 Å². The lowest BCUT2D eigenvalue weighted by Gasteiger charge is -2.24. The summed E-state index contributed by atoms with van der Waals surface area (Å²) in [6.45, 7) is 3.19. The number of halogens is 1. The summed E-state index contributed by atoms with van der Waals surface area (Å²) in [5.74, 6) is -0.951. The first-order chi connectivity index (χ1) is 8.49. The predicted octanol–water partition coefficient (Wildman–Crippen LogP) is 1.40. The molecule has 0 bridgehead atoms. The Bertz CT molecular complexity index is 464. The van der Waals surface area contributed by atoms with E-state index in [1.165, 1.54) is 6.07 Å². The topological polar surface area (TPSA) is 66.6 Å². The van der Waals surface area contributed by atoms with Crippen LogP contribution in [0, 0.1) is 11.7 Å². The molecule has 1 aromatic carbocycles. The fraction of sp³-hybridized carbons (Fsp3) is 0.462. The zero-order chi connectivity index (χ0) is 13.3. The van der Waals surface area contributed by atoms with Crippen LogP contribution in [0.25, 0.3) is 0 Å². The van der Waals surface area contributed by atoms with Gasteiger partial charge in [-0.2, -0.15) is 0 Å². The number of hydrogen-bond donors (Lipinski definition) is 2. The van der Waals surface area contributed by atoms with Crippen molar-refractivity contribution < 1.29 is 14.3 Å². The van der Waals surface area contributed by atoms with Crippen molar-refractivity contribution in [1.29, 1.82) is 0 Å². The Morgan fingerprint density at radius 3 is 2.89 bits per heavy atom. The summed E-state index contributed by atoms with van der Waals surface area (Å²) in [5.41, 5.74) is 5.80. The first-order valence-corrected chi connectivity index (χ1v) is 6.01. The maximum Gasteiger partial charge on any atom is 0.221 e. The molecule has 1 heterocycles. The van der Waals surface area contributed by atoms with Crippen LogP contribution in [-0.2, 0) is 4.79 Å². The quantitative estimate of drug-likeness (QED) is 0.854. The average molecular weight is 252 g/mol. The molecule has 2 unspecified atom stereocenters. The second-order valence-electron chi connectivity index (χ2n) is 4.76. The molecular weight excluding hydrogens is 235 g/mol. The average Bonchev–Trinajstić information content (AvgIpc) is 2.77. The Morgan fingerprint density at radius 2 is 2.33 bits per heavy atom. The molecule has 1 aromatic rings. The number of carbonyl (C=O) groups excluding carboxylic acids is 1. The van der Waals surface area contributed by atoms with E-state index in [0.717, 1.165) is 19.0 Å². The second-order valence-corrected chi connectivity index (χ2v) is 4.76. The van der Waals surface area contributed by atoms with Gasteiger partial charge in [0.2, 0.25) is 5.91 Å². The normalized spacial score (nSPS) is 22.0. The van der Waals surface area contributed by atoms with Crippen LogP contribution < -0.4 is 5.73 Å². The molecule has 4 nitrogen and oxygen atoms in total. The Morgan fingerprint density at radius 1 is 1.61 bits per heavy atom. The van der Waals surface area contributed by atoms with Gasteiger partial charge in [-0.25, -0.2) is 4.39 Å². The van der Waals surface area contributed by atoms with E-state index in [2.05, 4.69) is 0 Å². The van der Waals surface area contributed by atoms with E-state index in [1.807, 2.05) is 11.8 Å². The third-order valence-corrected chi connectivity index (χ3v) is 3.60. The van der Waals surface area contributed by atoms with Crippen LogP contribution in [0.3, 0.4) is 0 Å². The molecule has 1 fully saturated rings. The summed E-state index contributed by atoms with van der Waals surface area (Å²) < 4.78 is 13.7. The van der Waals surface area contributed by atoms with E-state index in [-0.39, 0.29) is 23.6 Å². The highest BCUT2D eigenvalue weighted by atomic mass is 19.1. The maximum absolute atomic E-state index is 13.7. The first kappa shape index (κ1) is 12.8. The standard InChI is InChI=1S/C13H17FN2O2/c1-8(11-3-2-10(17)6-12(11)14)16-5-4-9(7-16)13(15)18/h2-3,6,8-9,17H,4-5,7H2,1H3,(H2,15,18). The molecule has 0 radical (unpaired) electrons. The van der Waals surface area contributed by atoms with Crippen LogP contribution >= 0.6 is 0 Å². The molecule has 1 amide bonds. The Balaban J connectivity index is 2.12. The summed E-state index contributed by atoms with van der Waals surface area (Å²) in [5, 5.41) is 9.18.